The molecule has 4 rings (SSSR count). The number of carbonyl (C=O) groups excluding carboxylic acids is 2. The molecule has 7 nitrogen and oxygen atoms in total. The number of aryl methyl sites for hydroxylation is 1. The maximum absolute atomic E-state index is 12.8. The number of likely N-dealkylation sites (tertiary alicyclic amines) is 1. The number of carbonyl (C=O) groups is 2. The van der Waals surface area contributed by atoms with Gasteiger partial charge in [0.05, 0.1) is 5.92 Å². The highest BCUT2D eigenvalue weighted by Gasteiger charge is 2.38. The molecule has 1 saturated carbocycles. The number of rotatable bonds is 5. The fraction of sp³-hybridized carbons (Fsp3) is 0.478. The number of ether oxygens (including phenoxy) is 1. The Morgan fingerprint density at radius 2 is 1.90 bits per heavy atom. The fourth-order valence-corrected chi connectivity index (χ4v) is 4.33. The number of benzene rings is 1. The van der Waals surface area contributed by atoms with Crippen molar-refractivity contribution in [1.29, 1.82) is 0 Å². The van der Waals surface area contributed by atoms with Gasteiger partial charge in [-0.05, 0) is 68.4 Å². The van der Waals surface area contributed by atoms with E-state index in [-0.39, 0.29) is 23.7 Å². The van der Waals surface area contributed by atoms with E-state index in [1.807, 2.05) is 24.0 Å². The van der Waals surface area contributed by atoms with Crippen LogP contribution in [-0.2, 0) is 9.59 Å². The van der Waals surface area contributed by atoms with Crippen molar-refractivity contribution in [3.8, 4) is 11.8 Å². The first-order chi connectivity index (χ1) is 14.5. The van der Waals surface area contributed by atoms with Crippen LogP contribution in [0.1, 0.15) is 44.6 Å². The van der Waals surface area contributed by atoms with Crippen molar-refractivity contribution < 1.29 is 14.3 Å². The van der Waals surface area contributed by atoms with Crippen molar-refractivity contribution in [3.63, 3.8) is 0 Å². The third kappa shape index (κ3) is 4.61. The molecule has 1 N–H and O–H groups in total. The molecular weight excluding hydrogens is 380 g/mol. The topological polar surface area (TPSA) is 84.4 Å². The zero-order chi connectivity index (χ0) is 21.1. The lowest BCUT2D eigenvalue weighted by Gasteiger charge is -2.33. The predicted octanol–water partition coefficient (Wildman–Crippen LogP) is 3.94. The van der Waals surface area contributed by atoms with Gasteiger partial charge >= 0.3 is 6.01 Å². The first-order valence-corrected chi connectivity index (χ1v) is 10.7. The smallest absolute Gasteiger partial charge is 0.321 e. The predicted molar refractivity (Wildman–Crippen MR) is 113 cm³/mol. The van der Waals surface area contributed by atoms with Gasteiger partial charge in [-0.2, -0.15) is 0 Å². The number of hydrogen-bond donors (Lipinski definition) is 1. The summed E-state index contributed by atoms with van der Waals surface area (Å²) in [5, 5.41) is 2.99. The molecule has 1 saturated heterocycles. The summed E-state index contributed by atoms with van der Waals surface area (Å²) in [5.41, 5.74) is 1.60. The van der Waals surface area contributed by atoms with Gasteiger partial charge in [-0.1, -0.05) is 6.92 Å². The van der Waals surface area contributed by atoms with Crippen LogP contribution in [0.25, 0.3) is 0 Å². The summed E-state index contributed by atoms with van der Waals surface area (Å²) in [6, 6.07) is 7.71. The van der Waals surface area contributed by atoms with Crippen molar-refractivity contribution in [2.24, 2.45) is 11.8 Å². The normalized spacial score (nSPS) is 24.0. The standard InChI is InChI=1S/C23H28N4O3/c1-15-4-6-18(7-5-15)27-14-17(13-21(27)28)22(29)26-20-9-8-19(12-16(20)2)30-23-24-10-3-11-25-23/h3,8-12,15,17-18H,4-7,13-14H2,1-2H3,(H,26,29)/t15?,17-,18?/m1/s1. The van der Waals surface area contributed by atoms with Crippen molar-refractivity contribution in [1.82, 2.24) is 14.9 Å². The van der Waals surface area contributed by atoms with Crippen LogP contribution >= 0.6 is 0 Å². The minimum absolute atomic E-state index is 0.0989. The van der Waals surface area contributed by atoms with Crippen LogP contribution < -0.4 is 10.1 Å². The van der Waals surface area contributed by atoms with Gasteiger partial charge in [0.1, 0.15) is 5.75 Å². The highest BCUT2D eigenvalue weighted by atomic mass is 16.5. The summed E-state index contributed by atoms with van der Waals surface area (Å²) in [5.74, 6) is 1.05. The summed E-state index contributed by atoms with van der Waals surface area (Å²) in [6.07, 6.45) is 7.94. The molecule has 0 unspecified atom stereocenters. The number of nitrogens with zero attached hydrogens (tertiary/aromatic N) is 3. The molecule has 1 aromatic carbocycles. The summed E-state index contributed by atoms with van der Waals surface area (Å²) < 4.78 is 5.64. The third-order valence-electron chi connectivity index (χ3n) is 6.16. The van der Waals surface area contributed by atoms with Crippen molar-refractivity contribution in [3.05, 3.63) is 42.2 Å². The molecule has 0 bridgehead atoms. The molecule has 1 atom stereocenters. The molecule has 2 aliphatic rings. The first kappa shape index (κ1) is 20.3. The number of nitrogens with one attached hydrogen (secondary N) is 1. The van der Waals surface area contributed by atoms with E-state index in [9.17, 15) is 9.59 Å². The first-order valence-electron chi connectivity index (χ1n) is 10.7. The fourth-order valence-electron chi connectivity index (χ4n) is 4.33. The van der Waals surface area contributed by atoms with Gasteiger partial charge in [-0.3, -0.25) is 9.59 Å². The van der Waals surface area contributed by atoms with Crippen LogP contribution in [0.3, 0.4) is 0 Å². The lowest BCUT2D eigenvalue weighted by Crippen LogP contribution is -2.39. The molecule has 2 fully saturated rings. The largest absolute Gasteiger partial charge is 0.424 e. The van der Waals surface area contributed by atoms with Crippen LogP contribution in [0.15, 0.2) is 36.7 Å². The molecule has 0 radical (unpaired) electrons. The zero-order valence-corrected chi connectivity index (χ0v) is 17.5. The number of hydrogen-bond acceptors (Lipinski definition) is 5. The average molecular weight is 409 g/mol. The third-order valence-corrected chi connectivity index (χ3v) is 6.16. The molecule has 1 aromatic heterocycles. The Balaban J connectivity index is 1.36. The van der Waals surface area contributed by atoms with Gasteiger partial charge in [0.15, 0.2) is 0 Å². The number of amides is 2. The molecule has 1 aliphatic carbocycles. The van der Waals surface area contributed by atoms with Gasteiger partial charge in [-0.15, -0.1) is 0 Å². The van der Waals surface area contributed by atoms with Gasteiger partial charge in [0.2, 0.25) is 11.8 Å². The van der Waals surface area contributed by atoms with E-state index in [0.29, 0.717) is 24.8 Å². The van der Waals surface area contributed by atoms with E-state index >= 15 is 0 Å². The van der Waals surface area contributed by atoms with Gasteiger partial charge in [0, 0.05) is 37.1 Å². The quantitative estimate of drug-likeness (QED) is 0.810. The zero-order valence-electron chi connectivity index (χ0n) is 17.5. The Morgan fingerprint density at radius 3 is 2.60 bits per heavy atom. The SMILES string of the molecule is Cc1cc(Oc2ncccn2)ccc1NC(=O)[C@@H]1CC(=O)N(C2CCC(C)CC2)C1. The van der Waals surface area contributed by atoms with E-state index < -0.39 is 0 Å². The van der Waals surface area contributed by atoms with Crippen molar-refractivity contribution in [2.45, 2.75) is 52.0 Å². The Bertz CT molecular complexity index is 910. The van der Waals surface area contributed by atoms with Crippen LogP contribution in [0, 0.1) is 18.8 Å². The molecule has 30 heavy (non-hydrogen) atoms. The average Bonchev–Trinajstić information content (AvgIpc) is 3.13. The van der Waals surface area contributed by atoms with E-state index in [1.165, 1.54) is 0 Å². The summed E-state index contributed by atoms with van der Waals surface area (Å²) in [6.45, 7) is 4.70. The Kier molecular flexibility index (Phi) is 5.97. The molecule has 0 spiro atoms. The number of aromatic nitrogens is 2. The van der Waals surface area contributed by atoms with Crippen LogP contribution in [-0.4, -0.2) is 39.3 Å². The highest BCUT2D eigenvalue weighted by Crippen LogP contribution is 2.32. The van der Waals surface area contributed by atoms with Gasteiger partial charge in [-0.25, -0.2) is 9.97 Å². The summed E-state index contributed by atoms with van der Waals surface area (Å²) in [4.78, 5) is 35.4. The maximum Gasteiger partial charge on any atom is 0.321 e. The van der Waals surface area contributed by atoms with E-state index in [1.54, 1.807) is 24.5 Å². The number of anilines is 1. The maximum atomic E-state index is 12.8. The minimum Gasteiger partial charge on any atom is -0.424 e. The van der Waals surface area contributed by atoms with Crippen molar-refractivity contribution in [2.75, 3.05) is 11.9 Å². The van der Waals surface area contributed by atoms with Crippen LogP contribution in [0.5, 0.6) is 11.8 Å². The molecule has 7 heteroatoms. The van der Waals surface area contributed by atoms with Gasteiger partial charge < -0.3 is 15.0 Å². The lowest BCUT2D eigenvalue weighted by molar-refractivity contribution is -0.130. The second kappa shape index (κ2) is 8.81. The molecular formula is C23H28N4O3. The molecule has 158 valence electrons. The summed E-state index contributed by atoms with van der Waals surface area (Å²) in [7, 11) is 0. The molecule has 1 aliphatic heterocycles. The molecule has 2 heterocycles. The van der Waals surface area contributed by atoms with Crippen molar-refractivity contribution >= 4 is 17.5 Å². The van der Waals surface area contributed by atoms with E-state index in [2.05, 4.69) is 22.2 Å². The van der Waals surface area contributed by atoms with Gasteiger partial charge in [0.25, 0.3) is 0 Å². The minimum atomic E-state index is -0.301. The highest BCUT2D eigenvalue weighted by molar-refractivity contribution is 5.97. The molecule has 2 amide bonds. The summed E-state index contributed by atoms with van der Waals surface area (Å²) >= 11 is 0. The van der Waals surface area contributed by atoms with Crippen LogP contribution in [0.4, 0.5) is 5.69 Å². The second-order valence-corrected chi connectivity index (χ2v) is 8.46. The second-order valence-electron chi connectivity index (χ2n) is 8.46. The Labute approximate surface area is 176 Å². The Hall–Kier alpha value is -2.96. The Morgan fingerprint density at radius 1 is 1.17 bits per heavy atom. The van der Waals surface area contributed by atoms with Crippen LogP contribution in [0.2, 0.25) is 0 Å². The molecule has 2 aromatic rings. The monoisotopic (exact) mass is 408 g/mol. The lowest BCUT2D eigenvalue weighted by atomic mass is 9.87. The van der Waals surface area contributed by atoms with E-state index in [4.69, 9.17) is 4.74 Å². The van der Waals surface area contributed by atoms with E-state index in [0.717, 1.165) is 42.9 Å².